The highest BCUT2D eigenvalue weighted by Gasteiger charge is 2.33. The van der Waals surface area contributed by atoms with Gasteiger partial charge in [0.15, 0.2) is 9.84 Å². The molecule has 1 aliphatic heterocycles. The van der Waals surface area contributed by atoms with Gasteiger partial charge in [-0.05, 0) is 17.9 Å². The van der Waals surface area contributed by atoms with Gasteiger partial charge in [0, 0.05) is 29.4 Å². The van der Waals surface area contributed by atoms with Crippen LogP contribution >= 0.6 is 22.7 Å². The molecule has 0 N–H and O–H groups in total. The fourth-order valence-corrected chi connectivity index (χ4v) is 5.60. The normalized spacial score (nSPS) is 20.5. The molecule has 2 aromatic heterocycles. The topological polar surface area (TPSA) is 67.3 Å². The number of aromatic nitrogens is 1. The Morgan fingerprint density at radius 2 is 2.24 bits per heavy atom. The number of thiophene rings is 1. The van der Waals surface area contributed by atoms with E-state index in [1.165, 1.54) is 16.2 Å². The maximum atomic E-state index is 12.4. The fourth-order valence-electron chi connectivity index (χ4n) is 2.32. The van der Waals surface area contributed by atoms with Crippen molar-refractivity contribution in [3.63, 3.8) is 0 Å². The SMILES string of the molecule is CN(C(=O)c1csc(-c2ccsc2)n1)[C@@H]1CCS(=O)(=O)C1. The minimum absolute atomic E-state index is 0.0523. The van der Waals surface area contributed by atoms with Gasteiger partial charge in [-0.25, -0.2) is 13.4 Å². The van der Waals surface area contributed by atoms with Crippen LogP contribution in [-0.4, -0.2) is 48.8 Å². The van der Waals surface area contributed by atoms with Gasteiger partial charge in [0.25, 0.3) is 5.91 Å². The third kappa shape index (κ3) is 3.02. The lowest BCUT2D eigenvalue weighted by molar-refractivity contribution is 0.0742. The maximum Gasteiger partial charge on any atom is 0.273 e. The Bertz CT molecular complexity index is 749. The highest BCUT2D eigenvalue weighted by Crippen LogP contribution is 2.27. The largest absolute Gasteiger partial charge is 0.336 e. The molecule has 0 aromatic carbocycles. The van der Waals surface area contributed by atoms with Crippen LogP contribution in [0, 0.1) is 0 Å². The Labute approximate surface area is 131 Å². The maximum absolute atomic E-state index is 12.4. The van der Waals surface area contributed by atoms with E-state index in [4.69, 9.17) is 0 Å². The number of sulfone groups is 1. The van der Waals surface area contributed by atoms with Crippen molar-refractivity contribution in [2.45, 2.75) is 12.5 Å². The lowest BCUT2D eigenvalue weighted by atomic mass is 10.2. The van der Waals surface area contributed by atoms with E-state index >= 15 is 0 Å². The molecular formula is C13H14N2O3S3. The molecule has 0 aliphatic carbocycles. The summed E-state index contributed by atoms with van der Waals surface area (Å²) in [6.07, 6.45) is 0.506. The Morgan fingerprint density at radius 1 is 1.43 bits per heavy atom. The Hall–Kier alpha value is -1.25. The number of rotatable bonds is 3. The molecular weight excluding hydrogens is 328 g/mol. The molecule has 0 saturated carbocycles. The molecule has 1 aliphatic rings. The van der Waals surface area contributed by atoms with Crippen molar-refractivity contribution in [3.8, 4) is 10.6 Å². The van der Waals surface area contributed by atoms with Crippen molar-refractivity contribution in [1.82, 2.24) is 9.88 Å². The molecule has 0 bridgehead atoms. The molecule has 3 heterocycles. The number of amides is 1. The molecule has 0 unspecified atom stereocenters. The first-order valence-electron chi connectivity index (χ1n) is 6.42. The van der Waals surface area contributed by atoms with Gasteiger partial charge >= 0.3 is 0 Å². The Balaban J connectivity index is 1.76. The van der Waals surface area contributed by atoms with Crippen molar-refractivity contribution in [1.29, 1.82) is 0 Å². The molecule has 5 nitrogen and oxygen atoms in total. The van der Waals surface area contributed by atoms with Crippen LogP contribution in [-0.2, 0) is 9.84 Å². The average Bonchev–Trinajstić information content (AvgIpc) is 3.16. The molecule has 1 atom stereocenters. The smallest absolute Gasteiger partial charge is 0.273 e. The number of thiazole rings is 1. The fraction of sp³-hybridized carbons (Fsp3) is 0.385. The van der Waals surface area contributed by atoms with Gasteiger partial charge in [0.1, 0.15) is 10.7 Å². The van der Waals surface area contributed by atoms with Crippen LogP contribution < -0.4 is 0 Å². The van der Waals surface area contributed by atoms with Crippen LogP contribution in [0.25, 0.3) is 10.6 Å². The average molecular weight is 342 g/mol. The van der Waals surface area contributed by atoms with Crippen LogP contribution in [0.15, 0.2) is 22.2 Å². The Morgan fingerprint density at radius 3 is 2.86 bits per heavy atom. The summed E-state index contributed by atoms with van der Waals surface area (Å²) in [6, 6.07) is 1.72. The monoisotopic (exact) mass is 342 g/mol. The van der Waals surface area contributed by atoms with Crippen LogP contribution in [0.4, 0.5) is 0 Å². The van der Waals surface area contributed by atoms with Gasteiger partial charge in [0.2, 0.25) is 0 Å². The summed E-state index contributed by atoms with van der Waals surface area (Å²) in [5, 5.41) is 6.50. The van der Waals surface area contributed by atoms with Crippen LogP contribution in [0.1, 0.15) is 16.9 Å². The van der Waals surface area contributed by atoms with Gasteiger partial charge in [0.05, 0.1) is 11.5 Å². The lowest BCUT2D eigenvalue weighted by Crippen LogP contribution is -2.38. The Kier molecular flexibility index (Phi) is 3.85. The van der Waals surface area contributed by atoms with E-state index in [0.29, 0.717) is 12.1 Å². The summed E-state index contributed by atoms with van der Waals surface area (Å²) in [4.78, 5) is 18.3. The van der Waals surface area contributed by atoms with E-state index in [9.17, 15) is 13.2 Å². The van der Waals surface area contributed by atoms with Crippen molar-refractivity contribution in [2.75, 3.05) is 18.6 Å². The molecule has 3 rings (SSSR count). The molecule has 1 amide bonds. The number of carbonyl (C=O) groups excluding carboxylic acids is 1. The molecule has 0 spiro atoms. The second-order valence-corrected chi connectivity index (χ2v) is 8.89. The summed E-state index contributed by atoms with van der Waals surface area (Å²) in [7, 11) is -1.35. The predicted molar refractivity (Wildman–Crippen MR) is 84.6 cm³/mol. The van der Waals surface area contributed by atoms with E-state index in [-0.39, 0.29) is 23.5 Å². The highest BCUT2D eigenvalue weighted by molar-refractivity contribution is 7.91. The summed E-state index contributed by atoms with van der Waals surface area (Å²) in [5.41, 5.74) is 1.39. The highest BCUT2D eigenvalue weighted by atomic mass is 32.2. The molecule has 2 aromatic rings. The number of hydrogen-bond donors (Lipinski definition) is 0. The second kappa shape index (κ2) is 5.51. The van der Waals surface area contributed by atoms with Crippen LogP contribution in [0.3, 0.4) is 0 Å². The third-order valence-corrected chi connectivity index (χ3v) is 6.89. The quantitative estimate of drug-likeness (QED) is 0.857. The molecule has 1 fully saturated rings. The zero-order valence-electron chi connectivity index (χ0n) is 11.4. The minimum Gasteiger partial charge on any atom is -0.336 e. The predicted octanol–water partition coefficient (Wildman–Crippen LogP) is 2.13. The zero-order chi connectivity index (χ0) is 15.0. The van der Waals surface area contributed by atoms with E-state index in [0.717, 1.165) is 10.6 Å². The van der Waals surface area contributed by atoms with E-state index in [2.05, 4.69) is 4.98 Å². The summed E-state index contributed by atoms with van der Waals surface area (Å²) in [5.74, 6) is -0.00154. The second-order valence-electron chi connectivity index (χ2n) is 5.02. The van der Waals surface area contributed by atoms with Gasteiger partial charge in [-0.3, -0.25) is 4.79 Å². The standard InChI is InChI=1S/C13H14N2O3S3/c1-15(10-3-5-21(17,18)8-10)13(16)11-7-20-12(14-11)9-2-4-19-6-9/h2,4,6-7,10H,3,5,8H2,1H3/t10-/m1/s1. The van der Waals surface area contributed by atoms with Crippen molar-refractivity contribution >= 4 is 38.4 Å². The van der Waals surface area contributed by atoms with Crippen molar-refractivity contribution in [2.24, 2.45) is 0 Å². The van der Waals surface area contributed by atoms with Gasteiger partial charge < -0.3 is 4.90 Å². The molecule has 0 radical (unpaired) electrons. The van der Waals surface area contributed by atoms with Gasteiger partial charge in [-0.2, -0.15) is 11.3 Å². The summed E-state index contributed by atoms with van der Waals surface area (Å²) in [6.45, 7) is 0. The molecule has 8 heteroatoms. The van der Waals surface area contributed by atoms with Gasteiger partial charge in [-0.15, -0.1) is 11.3 Å². The third-order valence-electron chi connectivity index (χ3n) is 3.57. The van der Waals surface area contributed by atoms with E-state index < -0.39 is 9.84 Å². The first-order valence-corrected chi connectivity index (χ1v) is 10.1. The summed E-state index contributed by atoms with van der Waals surface area (Å²) >= 11 is 3.01. The van der Waals surface area contributed by atoms with Gasteiger partial charge in [-0.1, -0.05) is 0 Å². The molecule has 1 saturated heterocycles. The van der Waals surface area contributed by atoms with Crippen molar-refractivity contribution < 1.29 is 13.2 Å². The lowest BCUT2D eigenvalue weighted by Gasteiger charge is -2.22. The van der Waals surface area contributed by atoms with Crippen LogP contribution in [0.5, 0.6) is 0 Å². The molecule has 21 heavy (non-hydrogen) atoms. The van der Waals surface area contributed by atoms with Crippen molar-refractivity contribution in [3.05, 3.63) is 27.9 Å². The number of hydrogen-bond acceptors (Lipinski definition) is 6. The zero-order valence-corrected chi connectivity index (χ0v) is 13.8. The number of nitrogens with zero attached hydrogens (tertiary/aromatic N) is 2. The first-order chi connectivity index (χ1) is 9.96. The molecule has 112 valence electrons. The number of carbonyl (C=O) groups is 1. The summed E-state index contributed by atoms with van der Waals surface area (Å²) < 4.78 is 23.0. The van der Waals surface area contributed by atoms with E-state index in [1.54, 1.807) is 23.8 Å². The minimum atomic E-state index is -3.00. The van der Waals surface area contributed by atoms with E-state index in [1.807, 2.05) is 16.8 Å². The first kappa shape index (κ1) is 14.7. The van der Waals surface area contributed by atoms with Crippen LogP contribution in [0.2, 0.25) is 0 Å².